The summed E-state index contributed by atoms with van der Waals surface area (Å²) in [5.74, 6) is 0.592. The smallest absolute Gasteiger partial charge is 0.258 e. The van der Waals surface area contributed by atoms with E-state index >= 15 is 0 Å². The number of pyridine rings is 1. The molecule has 0 unspecified atom stereocenters. The fourth-order valence-corrected chi connectivity index (χ4v) is 2.60. The highest BCUT2D eigenvalue weighted by molar-refractivity contribution is 5.77. The molecule has 3 aromatic rings. The van der Waals surface area contributed by atoms with Crippen LogP contribution in [0.1, 0.15) is 22.4 Å². The van der Waals surface area contributed by atoms with Crippen LogP contribution >= 0.6 is 0 Å². The fourth-order valence-electron chi connectivity index (χ4n) is 2.60. The highest BCUT2D eigenvalue weighted by atomic mass is 16.5. The van der Waals surface area contributed by atoms with Crippen LogP contribution in [0.5, 0.6) is 5.75 Å². The lowest BCUT2D eigenvalue weighted by atomic mass is 10.1. The normalized spacial score (nSPS) is 10.8. The van der Waals surface area contributed by atoms with Gasteiger partial charge in [0.05, 0.1) is 18.4 Å². The second kappa shape index (κ2) is 6.74. The Morgan fingerprint density at radius 1 is 1.17 bits per heavy atom. The second-order valence-corrected chi connectivity index (χ2v) is 5.90. The summed E-state index contributed by atoms with van der Waals surface area (Å²) in [6.07, 6.45) is 3.73. The van der Waals surface area contributed by atoms with Crippen molar-refractivity contribution in [1.82, 2.24) is 14.7 Å². The van der Waals surface area contributed by atoms with Crippen molar-refractivity contribution in [2.24, 2.45) is 0 Å². The first-order valence-electron chi connectivity index (χ1n) is 7.93. The van der Waals surface area contributed by atoms with Gasteiger partial charge in [0.15, 0.2) is 6.61 Å². The second-order valence-electron chi connectivity index (χ2n) is 5.90. The Hall–Kier alpha value is -2.82. The van der Waals surface area contributed by atoms with Crippen molar-refractivity contribution >= 4 is 11.6 Å². The van der Waals surface area contributed by atoms with Gasteiger partial charge in [-0.2, -0.15) is 0 Å². The Balaban J connectivity index is 1.59. The predicted molar refractivity (Wildman–Crippen MR) is 93.2 cm³/mol. The number of aromatic nitrogens is 2. The van der Waals surface area contributed by atoms with Gasteiger partial charge in [0.2, 0.25) is 0 Å². The van der Waals surface area contributed by atoms with Crippen LogP contribution in [0, 0.1) is 20.8 Å². The molecule has 0 fully saturated rings. The summed E-state index contributed by atoms with van der Waals surface area (Å²) in [5, 5.41) is 2.88. The van der Waals surface area contributed by atoms with Crippen molar-refractivity contribution in [3.05, 3.63) is 65.1 Å². The van der Waals surface area contributed by atoms with E-state index in [9.17, 15) is 4.79 Å². The summed E-state index contributed by atoms with van der Waals surface area (Å²) >= 11 is 0. The van der Waals surface area contributed by atoms with E-state index in [0.717, 1.165) is 33.8 Å². The fraction of sp³-hybridized carbons (Fsp3) is 0.263. The molecule has 0 saturated heterocycles. The number of carbonyl (C=O) groups is 1. The summed E-state index contributed by atoms with van der Waals surface area (Å²) in [6, 6.07) is 9.82. The lowest BCUT2D eigenvalue weighted by molar-refractivity contribution is -0.123. The minimum Gasteiger partial charge on any atom is -0.483 e. The van der Waals surface area contributed by atoms with Crippen LogP contribution in [0.25, 0.3) is 5.65 Å². The molecule has 1 amide bonds. The standard InChI is InChI=1S/C19H21N3O2/c1-13-6-4-8-17(15(13)3)24-12-18(23)20-10-16-11-21-19-14(2)7-5-9-22(16)19/h4-9,11H,10,12H2,1-3H3,(H,20,23). The van der Waals surface area contributed by atoms with Crippen molar-refractivity contribution in [2.45, 2.75) is 27.3 Å². The molecular formula is C19H21N3O2. The van der Waals surface area contributed by atoms with E-state index < -0.39 is 0 Å². The first-order valence-corrected chi connectivity index (χ1v) is 7.93. The highest BCUT2D eigenvalue weighted by Gasteiger charge is 2.09. The van der Waals surface area contributed by atoms with Gasteiger partial charge in [-0.3, -0.25) is 4.79 Å². The molecular weight excluding hydrogens is 302 g/mol. The van der Waals surface area contributed by atoms with E-state index in [1.54, 1.807) is 6.20 Å². The number of rotatable bonds is 5. The average molecular weight is 323 g/mol. The minimum absolute atomic E-state index is 0.0000570. The summed E-state index contributed by atoms with van der Waals surface area (Å²) in [5.41, 5.74) is 5.16. The molecule has 1 N–H and O–H groups in total. The van der Waals surface area contributed by atoms with Crippen LogP contribution in [0.15, 0.2) is 42.7 Å². The SMILES string of the molecule is Cc1cccc(OCC(=O)NCc2cnc3c(C)cccn23)c1C. The van der Waals surface area contributed by atoms with Crippen molar-refractivity contribution in [3.63, 3.8) is 0 Å². The van der Waals surface area contributed by atoms with Crippen LogP contribution in [0.3, 0.4) is 0 Å². The maximum absolute atomic E-state index is 12.0. The molecule has 0 radical (unpaired) electrons. The first-order chi connectivity index (χ1) is 11.6. The van der Waals surface area contributed by atoms with Gasteiger partial charge in [0.1, 0.15) is 11.4 Å². The maximum atomic E-state index is 12.0. The zero-order valence-electron chi connectivity index (χ0n) is 14.2. The van der Waals surface area contributed by atoms with Crippen LogP contribution in [-0.2, 0) is 11.3 Å². The van der Waals surface area contributed by atoms with Crippen molar-refractivity contribution < 1.29 is 9.53 Å². The number of ether oxygens (including phenoxy) is 1. The monoisotopic (exact) mass is 323 g/mol. The average Bonchev–Trinajstić information content (AvgIpc) is 2.99. The maximum Gasteiger partial charge on any atom is 0.258 e. The summed E-state index contributed by atoms with van der Waals surface area (Å²) < 4.78 is 7.61. The van der Waals surface area contributed by atoms with E-state index in [0.29, 0.717) is 6.54 Å². The molecule has 0 saturated carbocycles. The Kier molecular flexibility index (Phi) is 4.51. The number of amides is 1. The minimum atomic E-state index is -0.154. The van der Waals surface area contributed by atoms with E-state index in [4.69, 9.17) is 4.74 Å². The first kappa shape index (κ1) is 16.1. The molecule has 0 aliphatic rings. The molecule has 2 aromatic heterocycles. The van der Waals surface area contributed by atoms with Gasteiger partial charge >= 0.3 is 0 Å². The van der Waals surface area contributed by atoms with Gasteiger partial charge in [-0.1, -0.05) is 18.2 Å². The molecule has 0 bridgehead atoms. The number of carbonyl (C=O) groups excluding carboxylic acids is 1. The van der Waals surface area contributed by atoms with Crippen LogP contribution < -0.4 is 10.1 Å². The van der Waals surface area contributed by atoms with Crippen LogP contribution in [0.4, 0.5) is 0 Å². The Morgan fingerprint density at radius 2 is 1.96 bits per heavy atom. The molecule has 3 rings (SSSR count). The number of nitrogens with one attached hydrogen (secondary N) is 1. The van der Waals surface area contributed by atoms with Gasteiger partial charge in [0, 0.05) is 6.20 Å². The molecule has 0 aliphatic heterocycles. The Bertz CT molecular complexity index is 883. The number of hydrogen-bond donors (Lipinski definition) is 1. The van der Waals surface area contributed by atoms with Crippen molar-refractivity contribution in [2.75, 3.05) is 6.61 Å². The van der Waals surface area contributed by atoms with Crippen molar-refractivity contribution in [3.8, 4) is 5.75 Å². The van der Waals surface area contributed by atoms with Gasteiger partial charge in [0.25, 0.3) is 5.91 Å². The molecule has 124 valence electrons. The topological polar surface area (TPSA) is 55.6 Å². The molecule has 24 heavy (non-hydrogen) atoms. The summed E-state index contributed by atoms with van der Waals surface area (Å²) in [7, 11) is 0. The Morgan fingerprint density at radius 3 is 2.79 bits per heavy atom. The molecule has 1 aromatic carbocycles. The molecule has 5 nitrogen and oxygen atoms in total. The number of aryl methyl sites for hydroxylation is 2. The third-order valence-electron chi connectivity index (χ3n) is 4.19. The summed E-state index contributed by atoms with van der Waals surface area (Å²) in [6.45, 7) is 6.45. The number of imidazole rings is 1. The van der Waals surface area contributed by atoms with Gasteiger partial charge < -0.3 is 14.5 Å². The van der Waals surface area contributed by atoms with E-state index in [1.165, 1.54) is 0 Å². The van der Waals surface area contributed by atoms with Crippen LogP contribution in [0.2, 0.25) is 0 Å². The number of nitrogens with zero attached hydrogens (tertiary/aromatic N) is 2. The van der Waals surface area contributed by atoms with Gasteiger partial charge in [-0.25, -0.2) is 4.98 Å². The number of benzene rings is 1. The van der Waals surface area contributed by atoms with Gasteiger partial charge in [-0.15, -0.1) is 0 Å². The highest BCUT2D eigenvalue weighted by Crippen LogP contribution is 2.20. The zero-order chi connectivity index (χ0) is 17.1. The lowest BCUT2D eigenvalue weighted by Gasteiger charge is -2.11. The third-order valence-corrected chi connectivity index (χ3v) is 4.19. The molecule has 0 spiro atoms. The van der Waals surface area contributed by atoms with Crippen LogP contribution in [-0.4, -0.2) is 21.9 Å². The Labute approximate surface area is 141 Å². The van der Waals surface area contributed by atoms with Gasteiger partial charge in [-0.05, 0) is 49.6 Å². The largest absolute Gasteiger partial charge is 0.483 e. The number of hydrogen-bond acceptors (Lipinski definition) is 3. The summed E-state index contributed by atoms with van der Waals surface area (Å²) in [4.78, 5) is 16.4. The third kappa shape index (κ3) is 3.25. The number of fused-ring (bicyclic) bond motifs is 1. The molecule has 2 heterocycles. The lowest BCUT2D eigenvalue weighted by Crippen LogP contribution is -2.29. The van der Waals surface area contributed by atoms with E-state index in [-0.39, 0.29) is 12.5 Å². The van der Waals surface area contributed by atoms with E-state index in [1.807, 2.05) is 61.7 Å². The van der Waals surface area contributed by atoms with Crippen molar-refractivity contribution in [1.29, 1.82) is 0 Å². The van der Waals surface area contributed by atoms with E-state index in [2.05, 4.69) is 10.3 Å². The quantitative estimate of drug-likeness (QED) is 0.785. The zero-order valence-corrected chi connectivity index (χ0v) is 14.2. The molecule has 0 atom stereocenters. The molecule has 0 aliphatic carbocycles. The molecule has 5 heteroatoms. The predicted octanol–water partition coefficient (Wildman–Crippen LogP) is 2.95.